The first kappa shape index (κ1) is 19.9. The maximum absolute atomic E-state index is 13.0. The maximum atomic E-state index is 13.0. The van der Waals surface area contributed by atoms with Crippen molar-refractivity contribution in [2.75, 3.05) is 5.32 Å². The third-order valence-electron chi connectivity index (χ3n) is 3.98. The molecule has 1 heterocycles. The highest BCUT2D eigenvalue weighted by Gasteiger charge is 2.30. The molecule has 0 aliphatic rings. The molecule has 0 radical (unpaired) electrons. The van der Waals surface area contributed by atoms with Crippen LogP contribution in [0.5, 0.6) is 0 Å². The van der Waals surface area contributed by atoms with Crippen LogP contribution in [-0.4, -0.2) is 10.9 Å². The zero-order chi connectivity index (χ0) is 21.0. The lowest BCUT2D eigenvalue weighted by Gasteiger charge is -2.09. The predicted molar refractivity (Wildman–Crippen MR) is 99.9 cm³/mol. The van der Waals surface area contributed by atoms with Crippen molar-refractivity contribution in [2.24, 2.45) is 0 Å². The molecule has 3 rings (SSSR count). The molecule has 0 aliphatic heterocycles. The van der Waals surface area contributed by atoms with E-state index in [1.54, 1.807) is 30.3 Å². The zero-order valence-electron chi connectivity index (χ0n) is 14.7. The quantitative estimate of drug-likeness (QED) is 0.351. The Balaban J connectivity index is 1.79. The van der Waals surface area contributed by atoms with E-state index in [-0.39, 0.29) is 17.1 Å². The van der Waals surface area contributed by atoms with Crippen LogP contribution >= 0.6 is 0 Å². The number of nitrogens with zero attached hydrogens (tertiary/aromatic N) is 1. The van der Waals surface area contributed by atoms with Crippen molar-refractivity contribution in [2.45, 2.75) is 6.18 Å². The summed E-state index contributed by atoms with van der Waals surface area (Å²) in [6, 6.07) is 14.9. The van der Waals surface area contributed by atoms with E-state index in [4.69, 9.17) is 0 Å². The highest BCUT2D eigenvalue weighted by molar-refractivity contribution is 6.09. The number of anilines is 1. The second-order valence-corrected chi connectivity index (χ2v) is 6.04. The van der Waals surface area contributed by atoms with Gasteiger partial charge in [0.05, 0.1) is 5.56 Å². The summed E-state index contributed by atoms with van der Waals surface area (Å²) in [6.45, 7) is 0. The lowest BCUT2D eigenvalue weighted by atomic mass is 10.1. The van der Waals surface area contributed by atoms with Gasteiger partial charge in [0.15, 0.2) is 0 Å². The van der Waals surface area contributed by atoms with E-state index >= 15 is 0 Å². The summed E-state index contributed by atoms with van der Waals surface area (Å²) < 4.78 is 51.4. The number of rotatable bonds is 4. The first-order valence-electron chi connectivity index (χ1n) is 8.31. The van der Waals surface area contributed by atoms with Gasteiger partial charge in [-0.25, -0.2) is 4.39 Å². The van der Waals surface area contributed by atoms with Crippen molar-refractivity contribution < 1.29 is 22.4 Å². The molecule has 3 aromatic rings. The van der Waals surface area contributed by atoms with Gasteiger partial charge in [0.2, 0.25) is 0 Å². The van der Waals surface area contributed by atoms with E-state index in [1.165, 1.54) is 24.3 Å². The highest BCUT2D eigenvalue weighted by Crippen LogP contribution is 2.30. The first-order chi connectivity index (χ1) is 13.8. The van der Waals surface area contributed by atoms with Gasteiger partial charge in [-0.3, -0.25) is 4.79 Å². The van der Waals surface area contributed by atoms with Crippen LogP contribution in [0.3, 0.4) is 0 Å². The van der Waals surface area contributed by atoms with Crippen LogP contribution in [0.2, 0.25) is 0 Å². The number of hydrogen-bond acceptors (Lipinski definition) is 2. The Morgan fingerprint density at radius 3 is 2.45 bits per heavy atom. The van der Waals surface area contributed by atoms with E-state index in [1.807, 2.05) is 0 Å². The number of nitriles is 1. The molecule has 2 N–H and O–H groups in total. The Hall–Kier alpha value is -3.86. The van der Waals surface area contributed by atoms with Crippen LogP contribution in [0.25, 0.3) is 17.3 Å². The topological polar surface area (TPSA) is 68.7 Å². The van der Waals surface area contributed by atoms with E-state index in [9.17, 15) is 27.6 Å². The molecule has 0 saturated heterocycles. The maximum Gasteiger partial charge on any atom is 0.416 e. The van der Waals surface area contributed by atoms with Crippen molar-refractivity contribution in [3.8, 4) is 17.3 Å². The minimum Gasteiger partial charge on any atom is -0.355 e. The van der Waals surface area contributed by atoms with E-state index in [0.29, 0.717) is 17.0 Å². The number of nitrogens with one attached hydrogen (secondary N) is 2. The fraction of sp³-hybridized carbons (Fsp3) is 0.0476. The first-order valence-corrected chi connectivity index (χ1v) is 8.31. The minimum atomic E-state index is -4.55. The number of hydrogen-bond donors (Lipinski definition) is 2. The van der Waals surface area contributed by atoms with Gasteiger partial charge in [-0.2, -0.15) is 18.4 Å². The highest BCUT2D eigenvalue weighted by atomic mass is 19.4. The van der Waals surface area contributed by atoms with Crippen LogP contribution in [-0.2, 0) is 11.0 Å². The Kier molecular flexibility index (Phi) is 5.50. The van der Waals surface area contributed by atoms with Crippen LogP contribution in [0, 0.1) is 17.1 Å². The Morgan fingerprint density at radius 2 is 1.79 bits per heavy atom. The molecule has 8 heteroatoms. The molecule has 0 atom stereocenters. The minimum absolute atomic E-state index is 0.0792. The number of aromatic nitrogens is 1. The fourth-order valence-corrected chi connectivity index (χ4v) is 2.57. The molecule has 1 aromatic heterocycles. The summed E-state index contributed by atoms with van der Waals surface area (Å²) in [6.07, 6.45) is -3.27. The number of benzene rings is 2. The monoisotopic (exact) mass is 399 g/mol. The van der Waals surface area contributed by atoms with Crippen molar-refractivity contribution in [3.63, 3.8) is 0 Å². The van der Waals surface area contributed by atoms with Crippen LogP contribution < -0.4 is 5.32 Å². The Bertz CT molecular complexity index is 1110. The summed E-state index contributed by atoms with van der Waals surface area (Å²) >= 11 is 0. The lowest BCUT2D eigenvalue weighted by molar-refractivity contribution is -0.137. The third kappa shape index (κ3) is 4.90. The van der Waals surface area contributed by atoms with Crippen LogP contribution in [0.15, 0.2) is 66.2 Å². The molecule has 4 nitrogen and oxygen atoms in total. The lowest BCUT2D eigenvalue weighted by Crippen LogP contribution is -2.14. The molecule has 0 aliphatic carbocycles. The van der Waals surface area contributed by atoms with E-state index < -0.39 is 17.6 Å². The fourth-order valence-electron chi connectivity index (χ4n) is 2.57. The van der Waals surface area contributed by atoms with Crippen LogP contribution in [0.4, 0.5) is 23.2 Å². The van der Waals surface area contributed by atoms with Gasteiger partial charge in [0.1, 0.15) is 17.5 Å². The second kappa shape index (κ2) is 8.02. The van der Waals surface area contributed by atoms with Crippen molar-refractivity contribution >= 4 is 17.7 Å². The molecule has 0 fully saturated rings. The standard InChI is InChI=1S/C21H13F4N3O/c22-16-6-4-13(5-7-16)19-9-8-18(27-19)10-14(12-26)20(29)28-17-3-1-2-15(11-17)21(23,24)25/h1-11,27H,(H,28,29)/b14-10+. The third-order valence-corrected chi connectivity index (χ3v) is 3.98. The predicted octanol–water partition coefficient (Wildman–Crippen LogP) is 5.39. The normalized spacial score (nSPS) is 11.8. The number of halogens is 4. The van der Waals surface area contributed by atoms with Gasteiger partial charge in [-0.05, 0) is 66.2 Å². The number of carbonyl (C=O) groups is 1. The SMILES string of the molecule is N#C/C(=C\c1ccc(-c2ccc(F)cc2)[nH]1)C(=O)Nc1cccc(C(F)(F)F)c1. The molecule has 2 aromatic carbocycles. The summed E-state index contributed by atoms with van der Waals surface area (Å²) in [5, 5.41) is 11.5. The smallest absolute Gasteiger partial charge is 0.355 e. The average molecular weight is 399 g/mol. The number of aromatic amines is 1. The number of alkyl halides is 3. The van der Waals surface area contributed by atoms with Crippen molar-refractivity contribution in [1.29, 1.82) is 5.26 Å². The second-order valence-electron chi connectivity index (χ2n) is 6.04. The van der Waals surface area contributed by atoms with Crippen molar-refractivity contribution in [3.05, 3.63) is 83.3 Å². The molecule has 0 unspecified atom stereocenters. The van der Waals surface area contributed by atoms with Gasteiger partial charge in [0.25, 0.3) is 5.91 Å². The molecule has 0 saturated carbocycles. The van der Waals surface area contributed by atoms with Gasteiger partial charge < -0.3 is 10.3 Å². The van der Waals surface area contributed by atoms with Gasteiger partial charge >= 0.3 is 6.18 Å². The van der Waals surface area contributed by atoms with E-state index in [0.717, 1.165) is 18.2 Å². The largest absolute Gasteiger partial charge is 0.416 e. The molecule has 29 heavy (non-hydrogen) atoms. The summed E-state index contributed by atoms with van der Waals surface area (Å²) in [5.41, 5.74) is 0.496. The summed E-state index contributed by atoms with van der Waals surface area (Å²) in [7, 11) is 0. The number of H-pyrrole nitrogens is 1. The van der Waals surface area contributed by atoms with Crippen molar-refractivity contribution in [1.82, 2.24) is 4.98 Å². The number of carbonyl (C=O) groups excluding carboxylic acids is 1. The molecular weight excluding hydrogens is 386 g/mol. The van der Waals surface area contributed by atoms with E-state index in [2.05, 4.69) is 10.3 Å². The Labute approximate surface area is 163 Å². The van der Waals surface area contributed by atoms with Gasteiger partial charge in [-0.1, -0.05) is 6.07 Å². The Morgan fingerprint density at radius 1 is 1.07 bits per heavy atom. The average Bonchev–Trinajstić information content (AvgIpc) is 3.14. The summed E-state index contributed by atoms with van der Waals surface area (Å²) in [4.78, 5) is 15.3. The molecule has 0 spiro atoms. The number of amides is 1. The van der Waals surface area contributed by atoms with Gasteiger partial charge in [-0.15, -0.1) is 0 Å². The van der Waals surface area contributed by atoms with Crippen LogP contribution in [0.1, 0.15) is 11.3 Å². The summed E-state index contributed by atoms with van der Waals surface area (Å²) in [5.74, 6) is -1.22. The van der Waals surface area contributed by atoms with Gasteiger partial charge in [0, 0.05) is 17.1 Å². The molecule has 0 bridgehead atoms. The molecule has 1 amide bonds. The molecule has 146 valence electrons. The molecular formula is C21H13F4N3O. The zero-order valence-corrected chi connectivity index (χ0v) is 14.7.